The van der Waals surface area contributed by atoms with Gasteiger partial charge in [-0.05, 0) is 64.8 Å². The monoisotopic (exact) mass is 484 g/mol. The van der Waals surface area contributed by atoms with Crippen LogP contribution >= 0.6 is 0 Å². The van der Waals surface area contributed by atoms with E-state index >= 15 is 0 Å². The Labute approximate surface area is 201 Å². The Morgan fingerprint density at radius 2 is 1.53 bits per heavy atom. The molecule has 1 aliphatic rings. The van der Waals surface area contributed by atoms with Gasteiger partial charge >= 0.3 is 0 Å². The van der Waals surface area contributed by atoms with Crippen LogP contribution in [0.4, 0.5) is 0 Å². The lowest BCUT2D eigenvalue weighted by molar-refractivity contribution is 0.263. The molecule has 0 aromatic heterocycles. The second-order valence-electron chi connectivity index (χ2n) is 8.97. The lowest BCUT2D eigenvalue weighted by Crippen LogP contribution is -2.14. The van der Waals surface area contributed by atoms with Gasteiger partial charge in [0.25, 0.3) is 0 Å². The molecule has 0 fully saturated rings. The Kier molecular flexibility index (Phi) is 7.46. The molecule has 34 heavy (non-hydrogen) atoms. The third kappa shape index (κ3) is 5.30. The lowest BCUT2D eigenvalue weighted by Gasteiger charge is -2.27. The van der Waals surface area contributed by atoms with Gasteiger partial charge in [-0.25, -0.2) is 8.42 Å². The predicted octanol–water partition coefficient (Wildman–Crippen LogP) is 5.47. The first-order valence-electron chi connectivity index (χ1n) is 11.0. The van der Waals surface area contributed by atoms with Crippen molar-refractivity contribution in [3.8, 4) is 17.2 Å². The Balaban J connectivity index is 2.18. The van der Waals surface area contributed by atoms with E-state index in [0.717, 1.165) is 17.4 Å². The van der Waals surface area contributed by atoms with E-state index in [4.69, 9.17) is 9.47 Å². The molecule has 2 aromatic carbocycles. The van der Waals surface area contributed by atoms with Gasteiger partial charge < -0.3 is 19.7 Å². The number of ether oxygens (including phenoxy) is 2. The number of methoxy groups -OCH3 is 1. The normalized spacial score (nSPS) is 13.1. The minimum absolute atomic E-state index is 0.00743. The van der Waals surface area contributed by atoms with E-state index in [1.807, 2.05) is 39.8 Å². The number of phenols is 2. The highest BCUT2D eigenvalue weighted by Gasteiger charge is 2.31. The van der Waals surface area contributed by atoms with Crippen LogP contribution in [0.25, 0.3) is 5.76 Å². The fourth-order valence-corrected chi connectivity index (χ4v) is 4.42. The van der Waals surface area contributed by atoms with Crippen molar-refractivity contribution in [1.82, 2.24) is 0 Å². The van der Waals surface area contributed by atoms with E-state index in [1.54, 1.807) is 12.1 Å². The maximum Gasteiger partial charge on any atom is 0.175 e. The molecule has 7 heteroatoms. The average Bonchev–Trinajstić information content (AvgIpc) is 2.77. The highest BCUT2D eigenvalue weighted by Crippen LogP contribution is 2.48. The fraction of sp³-hybridized carbons (Fsp3) is 0.333. The van der Waals surface area contributed by atoms with Gasteiger partial charge in [0.15, 0.2) is 15.6 Å². The molecule has 3 rings (SSSR count). The molecule has 0 radical (unpaired) electrons. The molecule has 0 amide bonds. The van der Waals surface area contributed by atoms with Crippen molar-refractivity contribution in [3.63, 3.8) is 0 Å². The lowest BCUT2D eigenvalue weighted by atomic mass is 9.92. The van der Waals surface area contributed by atoms with Crippen LogP contribution in [0, 0.1) is 0 Å². The van der Waals surface area contributed by atoms with Gasteiger partial charge in [0.05, 0.1) is 12.0 Å². The second-order valence-corrected chi connectivity index (χ2v) is 11.0. The van der Waals surface area contributed by atoms with Crippen molar-refractivity contribution in [2.45, 2.75) is 51.9 Å². The van der Waals surface area contributed by atoms with Gasteiger partial charge in [0, 0.05) is 34.9 Å². The van der Waals surface area contributed by atoms with Crippen molar-refractivity contribution in [2.24, 2.45) is 0 Å². The first-order chi connectivity index (χ1) is 15.9. The zero-order chi connectivity index (χ0) is 25.2. The summed E-state index contributed by atoms with van der Waals surface area (Å²) in [5.74, 6) is 1.33. The van der Waals surface area contributed by atoms with Gasteiger partial charge in [-0.2, -0.15) is 0 Å². The number of hydrogen-bond donors (Lipinski definition) is 2. The number of allylic oxidation sites excluding steroid dienone is 5. The van der Waals surface area contributed by atoms with Crippen LogP contribution in [0.1, 0.15) is 49.9 Å². The molecular formula is C27H32O6S. The number of sulfone groups is 1. The van der Waals surface area contributed by atoms with Crippen molar-refractivity contribution in [1.29, 1.82) is 0 Å². The Bertz CT molecular complexity index is 1290. The number of aromatic hydroxyl groups is 2. The third-order valence-electron chi connectivity index (χ3n) is 5.71. The van der Waals surface area contributed by atoms with Gasteiger partial charge in [-0.3, -0.25) is 0 Å². The van der Waals surface area contributed by atoms with Crippen molar-refractivity contribution in [2.75, 3.05) is 13.4 Å². The summed E-state index contributed by atoms with van der Waals surface area (Å²) in [7, 11) is -1.81. The molecule has 0 unspecified atom stereocenters. The molecule has 0 atom stereocenters. The molecule has 0 spiro atoms. The second kappa shape index (κ2) is 9.97. The summed E-state index contributed by atoms with van der Waals surface area (Å²) in [6.45, 7) is 7.89. The summed E-state index contributed by atoms with van der Waals surface area (Å²) in [6, 6.07) is 6.36. The number of phenolic OH excluding ortho intramolecular Hbond substituents is 2. The standard InChI is InChI=1S/C27H32O6S/c1-16(2)7-13-20-24(28)21(14-8-17(3)4)27-22(25(20)29)15-23(32-5)26(33-27)18-9-11-19(12-10-18)34(6,30)31/h7-12,28-29H,13-15H2,1-6H3. The first-order valence-corrected chi connectivity index (χ1v) is 12.9. The maximum absolute atomic E-state index is 11.8. The largest absolute Gasteiger partial charge is 0.507 e. The molecular weight excluding hydrogens is 452 g/mol. The van der Waals surface area contributed by atoms with Crippen molar-refractivity contribution < 1.29 is 28.1 Å². The highest BCUT2D eigenvalue weighted by atomic mass is 32.2. The summed E-state index contributed by atoms with van der Waals surface area (Å²) >= 11 is 0. The van der Waals surface area contributed by atoms with Crippen LogP contribution in [-0.2, 0) is 33.8 Å². The van der Waals surface area contributed by atoms with E-state index in [0.29, 0.717) is 52.4 Å². The van der Waals surface area contributed by atoms with E-state index < -0.39 is 9.84 Å². The SMILES string of the molecule is COC1=C(c2ccc(S(C)(=O)=O)cc2)Oc2c(CC=C(C)C)c(O)c(CC=C(C)C)c(O)c2C1. The van der Waals surface area contributed by atoms with Gasteiger partial charge in [-0.15, -0.1) is 0 Å². The molecule has 0 saturated carbocycles. The first kappa shape index (κ1) is 25.4. The van der Waals surface area contributed by atoms with Crippen LogP contribution in [-0.4, -0.2) is 32.0 Å². The smallest absolute Gasteiger partial charge is 0.175 e. The number of rotatable bonds is 7. The quantitative estimate of drug-likeness (QED) is 0.506. The Hall–Kier alpha value is -3.19. The van der Waals surface area contributed by atoms with Crippen LogP contribution in [0.3, 0.4) is 0 Å². The summed E-state index contributed by atoms with van der Waals surface area (Å²) in [5, 5.41) is 22.2. The number of benzene rings is 2. The Morgan fingerprint density at radius 1 is 0.971 bits per heavy atom. The average molecular weight is 485 g/mol. The molecule has 2 aromatic rings. The fourth-order valence-electron chi connectivity index (χ4n) is 3.79. The van der Waals surface area contributed by atoms with E-state index in [2.05, 4.69) is 0 Å². The summed E-state index contributed by atoms with van der Waals surface area (Å²) in [5.41, 5.74) is 4.41. The minimum atomic E-state index is -3.33. The van der Waals surface area contributed by atoms with Crippen molar-refractivity contribution >= 4 is 15.6 Å². The molecule has 0 saturated heterocycles. The third-order valence-corrected chi connectivity index (χ3v) is 6.83. The van der Waals surface area contributed by atoms with E-state index in [-0.39, 0.29) is 22.8 Å². The van der Waals surface area contributed by atoms with Gasteiger partial charge in [-0.1, -0.05) is 23.3 Å². The number of hydrogen-bond acceptors (Lipinski definition) is 6. The Morgan fingerprint density at radius 3 is 2.03 bits per heavy atom. The molecule has 1 aliphatic heterocycles. The van der Waals surface area contributed by atoms with Crippen LogP contribution in [0.2, 0.25) is 0 Å². The van der Waals surface area contributed by atoms with Crippen LogP contribution < -0.4 is 4.74 Å². The molecule has 6 nitrogen and oxygen atoms in total. The maximum atomic E-state index is 11.8. The minimum Gasteiger partial charge on any atom is -0.507 e. The van der Waals surface area contributed by atoms with E-state index in [9.17, 15) is 18.6 Å². The molecule has 0 bridgehead atoms. The van der Waals surface area contributed by atoms with Gasteiger partial charge in [0.1, 0.15) is 23.0 Å². The van der Waals surface area contributed by atoms with Crippen molar-refractivity contribution in [3.05, 3.63) is 75.6 Å². The molecule has 1 heterocycles. The zero-order valence-electron chi connectivity index (χ0n) is 20.5. The number of fused-ring (bicyclic) bond motifs is 1. The predicted molar refractivity (Wildman–Crippen MR) is 134 cm³/mol. The molecule has 2 N–H and O–H groups in total. The molecule has 0 aliphatic carbocycles. The summed E-state index contributed by atoms with van der Waals surface area (Å²) < 4.78 is 35.6. The van der Waals surface area contributed by atoms with Crippen LogP contribution in [0.5, 0.6) is 17.2 Å². The van der Waals surface area contributed by atoms with Gasteiger partial charge in [0.2, 0.25) is 0 Å². The van der Waals surface area contributed by atoms with E-state index in [1.165, 1.54) is 19.2 Å². The summed E-state index contributed by atoms with van der Waals surface area (Å²) in [4.78, 5) is 0.204. The van der Waals surface area contributed by atoms with Crippen LogP contribution in [0.15, 0.2) is 58.2 Å². The highest BCUT2D eigenvalue weighted by molar-refractivity contribution is 7.90. The molecule has 182 valence electrons. The zero-order valence-corrected chi connectivity index (χ0v) is 21.3. The summed E-state index contributed by atoms with van der Waals surface area (Å²) in [6.07, 6.45) is 6.20. The topological polar surface area (TPSA) is 93.1 Å².